The molecule has 0 aliphatic carbocycles. The Bertz CT molecular complexity index is 1540. The van der Waals surface area contributed by atoms with Crippen molar-refractivity contribution in [3.63, 3.8) is 0 Å². The topological polar surface area (TPSA) is 121 Å². The summed E-state index contributed by atoms with van der Waals surface area (Å²) in [5.41, 5.74) is 3.80. The first-order chi connectivity index (χ1) is 28.4. The summed E-state index contributed by atoms with van der Waals surface area (Å²) in [6, 6.07) is 16.9. The molecule has 0 bridgehead atoms. The lowest BCUT2D eigenvalue weighted by Crippen LogP contribution is -2.33. The van der Waals surface area contributed by atoms with Crippen molar-refractivity contribution in [3.05, 3.63) is 70.8 Å². The Morgan fingerprint density at radius 2 is 0.983 bits per heavy atom. The Kier molecular flexibility index (Phi) is 27.8. The first-order valence-electron chi connectivity index (χ1n) is 22.3. The molecule has 0 aliphatic rings. The zero-order valence-corrected chi connectivity index (χ0v) is 39.0. The molecule has 0 atom stereocenters. The first-order valence-corrected chi connectivity index (χ1v) is 22.3. The highest BCUT2D eigenvalue weighted by molar-refractivity contribution is 5.71. The number of ether oxygens (including phenoxy) is 5. The van der Waals surface area contributed by atoms with Crippen LogP contribution in [0.2, 0.25) is 0 Å². The fraction of sp³-hybridized carbons (Fsp3) is 0.660. The summed E-state index contributed by atoms with van der Waals surface area (Å²) in [6.45, 7) is 22.2. The van der Waals surface area contributed by atoms with E-state index >= 15 is 0 Å². The van der Waals surface area contributed by atoms with Crippen molar-refractivity contribution in [1.82, 2.24) is 10.6 Å². The van der Waals surface area contributed by atoms with E-state index in [2.05, 4.69) is 64.9 Å². The SMILES string of the molecule is CC(C)(C)OC(=O)COCCCCCCc1ccccc1CCCCNC(=O)OC(C)(C)C.CCOCCCCCCc1ccccc1C#CCCNC(=O)OC(C)(C)C. The van der Waals surface area contributed by atoms with Gasteiger partial charge in [-0.2, -0.15) is 0 Å². The van der Waals surface area contributed by atoms with Crippen LogP contribution in [0.25, 0.3) is 0 Å². The van der Waals surface area contributed by atoms with Crippen LogP contribution in [0, 0.1) is 11.8 Å². The van der Waals surface area contributed by atoms with E-state index in [1.807, 2.05) is 75.3 Å². The van der Waals surface area contributed by atoms with E-state index in [4.69, 9.17) is 23.7 Å². The summed E-state index contributed by atoms with van der Waals surface area (Å²) in [4.78, 5) is 34.9. The molecule has 2 rings (SSSR count). The lowest BCUT2D eigenvalue weighted by molar-refractivity contribution is -0.160. The Hall–Kier alpha value is -4.07. The van der Waals surface area contributed by atoms with Crippen molar-refractivity contribution in [2.45, 2.75) is 176 Å². The lowest BCUT2D eigenvalue weighted by Gasteiger charge is -2.19. The Labute approximate surface area is 364 Å². The van der Waals surface area contributed by atoms with E-state index in [0.29, 0.717) is 26.1 Å². The lowest BCUT2D eigenvalue weighted by atomic mass is 9.97. The molecule has 2 amide bonds. The highest BCUT2D eigenvalue weighted by Gasteiger charge is 2.17. The van der Waals surface area contributed by atoms with Crippen LogP contribution in [0.5, 0.6) is 0 Å². The zero-order chi connectivity index (χ0) is 44.7. The van der Waals surface area contributed by atoms with Gasteiger partial charge in [-0.25, -0.2) is 14.4 Å². The van der Waals surface area contributed by atoms with Crippen molar-refractivity contribution < 1.29 is 38.1 Å². The summed E-state index contributed by atoms with van der Waals surface area (Å²) in [7, 11) is 0. The van der Waals surface area contributed by atoms with Crippen LogP contribution in [-0.2, 0) is 47.7 Å². The van der Waals surface area contributed by atoms with Gasteiger partial charge in [0.1, 0.15) is 23.4 Å². The standard InChI is InChI=1S/C27H45NO5.C23H35NO3/c1-26(2,3)32-24(29)21-31-20-14-8-7-9-15-22-16-10-11-17-23(22)18-12-13-19-28-25(30)33-27(4,5)6;1-5-26-19-13-7-6-8-14-20-15-9-10-16-21(20)17-11-12-18-24-22(25)27-23(2,3)4/h10-11,16-17H,7-9,12-15,18-21H2,1-6H3,(H,28,30);9-10,15-16H,5-8,12-14,18-19H2,1-4H3,(H,24,25). The molecule has 60 heavy (non-hydrogen) atoms. The van der Waals surface area contributed by atoms with Gasteiger partial charge in [-0.15, -0.1) is 0 Å². The van der Waals surface area contributed by atoms with Crippen molar-refractivity contribution in [3.8, 4) is 11.8 Å². The fourth-order valence-corrected chi connectivity index (χ4v) is 5.97. The predicted octanol–water partition coefficient (Wildman–Crippen LogP) is 11.1. The van der Waals surface area contributed by atoms with E-state index in [1.54, 1.807) is 0 Å². The number of aryl methyl sites for hydroxylation is 3. The molecular formula is C50H80N2O8. The number of amides is 2. The number of rotatable bonds is 24. The van der Waals surface area contributed by atoms with Gasteiger partial charge >= 0.3 is 18.2 Å². The van der Waals surface area contributed by atoms with E-state index in [1.165, 1.54) is 36.0 Å². The average Bonchev–Trinajstić information content (AvgIpc) is 3.14. The second kappa shape index (κ2) is 30.9. The number of benzene rings is 2. The van der Waals surface area contributed by atoms with Gasteiger partial charge in [-0.3, -0.25) is 0 Å². The number of nitrogens with one attached hydrogen (secondary N) is 2. The number of hydrogen-bond acceptors (Lipinski definition) is 8. The van der Waals surface area contributed by atoms with Crippen LogP contribution in [0.15, 0.2) is 48.5 Å². The molecule has 0 fully saturated rings. The molecule has 10 heteroatoms. The minimum atomic E-state index is -0.474. The molecule has 2 aromatic carbocycles. The van der Waals surface area contributed by atoms with Gasteiger partial charge in [0, 0.05) is 44.9 Å². The predicted molar refractivity (Wildman–Crippen MR) is 243 cm³/mol. The Morgan fingerprint density at radius 3 is 1.52 bits per heavy atom. The molecule has 2 aromatic rings. The molecule has 0 aromatic heterocycles. The molecule has 0 radical (unpaired) electrons. The molecule has 338 valence electrons. The molecule has 0 unspecified atom stereocenters. The summed E-state index contributed by atoms with van der Waals surface area (Å²) in [5, 5.41) is 5.55. The van der Waals surface area contributed by atoms with E-state index in [-0.39, 0.29) is 18.7 Å². The molecule has 0 spiro atoms. The van der Waals surface area contributed by atoms with Crippen LogP contribution in [0.3, 0.4) is 0 Å². The van der Waals surface area contributed by atoms with Crippen LogP contribution >= 0.6 is 0 Å². The minimum absolute atomic E-state index is 0.0257. The highest BCUT2D eigenvalue weighted by Crippen LogP contribution is 2.17. The van der Waals surface area contributed by atoms with Crippen LogP contribution in [0.4, 0.5) is 9.59 Å². The number of unbranched alkanes of at least 4 members (excludes halogenated alkanes) is 7. The second-order valence-corrected chi connectivity index (χ2v) is 18.0. The molecule has 0 heterocycles. The molecule has 0 aliphatic heterocycles. The number of carbonyl (C=O) groups is 3. The van der Waals surface area contributed by atoms with Crippen LogP contribution < -0.4 is 10.6 Å². The molecule has 2 N–H and O–H groups in total. The fourth-order valence-electron chi connectivity index (χ4n) is 5.97. The maximum absolute atomic E-state index is 11.7. The summed E-state index contributed by atoms with van der Waals surface area (Å²) in [6.07, 6.45) is 14.0. The third kappa shape index (κ3) is 31.8. The minimum Gasteiger partial charge on any atom is -0.458 e. The van der Waals surface area contributed by atoms with Crippen molar-refractivity contribution in [1.29, 1.82) is 0 Å². The van der Waals surface area contributed by atoms with Gasteiger partial charge in [0.25, 0.3) is 0 Å². The highest BCUT2D eigenvalue weighted by atomic mass is 16.6. The Balaban J connectivity index is 0.000000612. The largest absolute Gasteiger partial charge is 0.458 e. The summed E-state index contributed by atoms with van der Waals surface area (Å²) < 4.78 is 26.5. The van der Waals surface area contributed by atoms with Crippen LogP contribution in [-0.4, -0.2) is 74.5 Å². The molecular weight excluding hydrogens is 757 g/mol. The average molecular weight is 837 g/mol. The van der Waals surface area contributed by atoms with Gasteiger partial charge in [0.05, 0.1) is 0 Å². The summed E-state index contributed by atoms with van der Waals surface area (Å²) >= 11 is 0. The molecule has 10 nitrogen and oxygen atoms in total. The second-order valence-electron chi connectivity index (χ2n) is 18.0. The molecule has 0 saturated heterocycles. The molecule has 0 saturated carbocycles. The zero-order valence-electron chi connectivity index (χ0n) is 39.0. The van der Waals surface area contributed by atoms with Gasteiger partial charge < -0.3 is 34.3 Å². The van der Waals surface area contributed by atoms with Gasteiger partial charge in [0.15, 0.2) is 0 Å². The van der Waals surface area contributed by atoms with Gasteiger partial charge in [-0.1, -0.05) is 80.0 Å². The maximum atomic E-state index is 11.7. The van der Waals surface area contributed by atoms with Crippen molar-refractivity contribution >= 4 is 18.2 Å². The third-order valence-electron chi connectivity index (χ3n) is 8.63. The van der Waals surface area contributed by atoms with E-state index < -0.39 is 22.9 Å². The van der Waals surface area contributed by atoms with E-state index in [0.717, 1.165) is 83.0 Å². The van der Waals surface area contributed by atoms with Crippen molar-refractivity contribution in [2.24, 2.45) is 0 Å². The van der Waals surface area contributed by atoms with Gasteiger partial charge in [0.2, 0.25) is 0 Å². The Morgan fingerprint density at radius 1 is 0.533 bits per heavy atom. The quantitative estimate of drug-likeness (QED) is 0.0464. The smallest absolute Gasteiger partial charge is 0.407 e. The van der Waals surface area contributed by atoms with E-state index in [9.17, 15) is 14.4 Å². The number of carbonyl (C=O) groups excluding carboxylic acids is 3. The number of hydrogen-bond donors (Lipinski definition) is 2. The normalized spacial score (nSPS) is 11.4. The third-order valence-corrected chi connectivity index (χ3v) is 8.63. The van der Waals surface area contributed by atoms with Crippen LogP contribution in [0.1, 0.15) is 162 Å². The van der Waals surface area contributed by atoms with Crippen molar-refractivity contribution in [2.75, 3.05) is 39.5 Å². The first kappa shape index (κ1) is 53.9. The summed E-state index contributed by atoms with van der Waals surface area (Å²) in [5.74, 6) is 6.08. The number of alkyl carbamates (subject to hydrolysis) is 2. The van der Waals surface area contributed by atoms with Gasteiger partial charge in [-0.05, 0) is 150 Å². The maximum Gasteiger partial charge on any atom is 0.407 e. The monoisotopic (exact) mass is 837 g/mol. The number of esters is 1.